The van der Waals surface area contributed by atoms with Crippen LogP contribution in [0, 0.1) is 0 Å². The maximum absolute atomic E-state index is 11.9. The Hall–Kier alpha value is -2.12. The Morgan fingerprint density at radius 2 is 1.73 bits per heavy atom. The van der Waals surface area contributed by atoms with Crippen LogP contribution in [-0.4, -0.2) is 37.7 Å². The van der Waals surface area contributed by atoms with Crippen LogP contribution in [0.25, 0.3) is 5.69 Å². The first-order valence-electron chi connectivity index (χ1n) is 7.01. The minimum Gasteiger partial charge on any atom is -0.351 e. The molecule has 0 atom stereocenters. The zero-order valence-electron chi connectivity index (χ0n) is 12.3. The van der Waals surface area contributed by atoms with E-state index in [1.165, 1.54) is 0 Å². The molecule has 2 rings (SSSR count). The lowest BCUT2D eigenvalue weighted by atomic mass is 10.2. The second kappa shape index (κ2) is 7.24. The lowest BCUT2D eigenvalue weighted by Gasteiger charge is -2.08. The number of rotatable bonds is 7. The van der Waals surface area contributed by atoms with Crippen molar-refractivity contribution in [3.8, 4) is 5.69 Å². The number of nitrogens with zero attached hydrogens (tertiary/aromatic N) is 1. The van der Waals surface area contributed by atoms with Gasteiger partial charge in [-0.05, 0) is 43.3 Å². The Balaban J connectivity index is 1.85. The zero-order chi connectivity index (χ0) is 16.0. The van der Waals surface area contributed by atoms with Gasteiger partial charge in [0.15, 0.2) is 0 Å². The summed E-state index contributed by atoms with van der Waals surface area (Å²) < 4.78 is 26.8. The Bertz CT molecular complexity index is 707. The number of carbonyl (C=O) groups excluding carboxylic acids is 1. The number of hydrogen-bond acceptors (Lipinski definition) is 3. The molecular formula is C15H19N3O3S. The third-order valence-electron chi connectivity index (χ3n) is 3.14. The highest BCUT2D eigenvalue weighted by molar-refractivity contribution is 7.89. The van der Waals surface area contributed by atoms with Crippen LogP contribution < -0.4 is 10.0 Å². The van der Waals surface area contributed by atoms with Gasteiger partial charge < -0.3 is 9.88 Å². The Morgan fingerprint density at radius 3 is 2.32 bits per heavy atom. The molecule has 7 heteroatoms. The SMILES string of the molecule is CCS(=O)(=O)NCCNC(=O)c1ccc(-n2cccc2)cc1. The van der Waals surface area contributed by atoms with Gasteiger partial charge in [-0.2, -0.15) is 0 Å². The fourth-order valence-corrected chi connectivity index (χ4v) is 2.50. The van der Waals surface area contributed by atoms with E-state index in [0.29, 0.717) is 5.56 Å². The monoisotopic (exact) mass is 321 g/mol. The lowest BCUT2D eigenvalue weighted by Crippen LogP contribution is -2.35. The van der Waals surface area contributed by atoms with E-state index in [9.17, 15) is 13.2 Å². The largest absolute Gasteiger partial charge is 0.351 e. The molecular weight excluding hydrogens is 302 g/mol. The summed E-state index contributed by atoms with van der Waals surface area (Å²) in [5.41, 5.74) is 1.51. The van der Waals surface area contributed by atoms with Gasteiger partial charge in [-0.3, -0.25) is 4.79 Å². The quantitative estimate of drug-likeness (QED) is 0.751. The third kappa shape index (κ3) is 4.44. The highest BCUT2D eigenvalue weighted by Crippen LogP contribution is 2.09. The lowest BCUT2D eigenvalue weighted by molar-refractivity contribution is 0.0954. The molecule has 0 saturated heterocycles. The van der Waals surface area contributed by atoms with Gasteiger partial charge in [-0.15, -0.1) is 0 Å². The van der Waals surface area contributed by atoms with Gasteiger partial charge >= 0.3 is 0 Å². The number of aromatic nitrogens is 1. The zero-order valence-corrected chi connectivity index (χ0v) is 13.1. The average Bonchev–Trinajstić information content (AvgIpc) is 3.06. The van der Waals surface area contributed by atoms with Crippen LogP contribution in [0.1, 0.15) is 17.3 Å². The Morgan fingerprint density at radius 1 is 1.09 bits per heavy atom. The molecule has 2 N–H and O–H groups in total. The van der Waals surface area contributed by atoms with Crippen molar-refractivity contribution in [2.75, 3.05) is 18.8 Å². The number of amides is 1. The average molecular weight is 321 g/mol. The molecule has 0 saturated carbocycles. The van der Waals surface area contributed by atoms with Gasteiger partial charge in [0.2, 0.25) is 10.0 Å². The molecule has 1 aromatic heterocycles. The molecule has 0 radical (unpaired) electrons. The number of hydrogen-bond donors (Lipinski definition) is 2. The van der Waals surface area contributed by atoms with Crippen LogP contribution >= 0.6 is 0 Å². The molecule has 0 unspecified atom stereocenters. The molecule has 118 valence electrons. The highest BCUT2D eigenvalue weighted by atomic mass is 32.2. The number of carbonyl (C=O) groups is 1. The van der Waals surface area contributed by atoms with Crippen molar-refractivity contribution >= 4 is 15.9 Å². The fraction of sp³-hybridized carbons (Fsp3) is 0.267. The molecule has 1 amide bonds. The number of sulfonamides is 1. The summed E-state index contributed by atoms with van der Waals surface area (Å²) >= 11 is 0. The molecule has 1 aromatic carbocycles. The van der Waals surface area contributed by atoms with E-state index >= 15 is 0 Å². The molecule has 0 fully saturated rings. The molecule has 0 bridgehead atoms. The van der Waals surface area contributed by atoms with Crippen molar-refractivity contribution in [3.63, 3.8) is 0 Å². The van der Waals surface area contributed by atoms with Crippen molar-refractivity contribution in [2.45, 2.75) is 6.92 Å². The second-order valence-corrected chi connectivity index (χ2v) is 6.79. The summed E-state index contributed by atoms with van der Waals surface area (Å²) in [5, 5.41) is 2.68. The van der Waals surface area contributed by atoms with Gasteiger partial charge in [0.05, 0.1) is 5.75 Å². The first-order chi connectivity index (χ1) is 10.5. The minimum atomic E-state index is -3.22. The van der Waals surface area contributed by atoms with Crippen LogP contribution in [0.2, 0.25) is 0 Å². The summed E-state index contributed by atoms with van der Waals surface area (Å²) in [6.07, 6.45) is 3.85. The van der Waals surface area contributed by atoms with Gasteiger partial charge in [0, 0.05) is 36.7 Å². The summed E-state index contributed by atoms with van der Waals surface area (Å²) in [5.74, 6) is -0.198. The van der Waals surface area contributed by atoms with Crippen molar-refractivity contribution in [2.24, 2.45) is 0 Å². The molecule has 22 heavy (non-hydrogen) atoms. The second-order valence-electron chi connectivity index (χ2n) is 4.69. The van der Waals surface area contributed by atoms with Gasteiger partial charge in [-0.1, -0.05) is 0 Å². The van der Waals surface area contributed by atoms with Crippen LogP contribution in [-0.2, 0) is 10.0 Å². The topological polar surface area (TPSA) is 80.2 Å². The summed E-state index contributed by atoms with van der Waals surface area (Å²) in [6, 6.07) is 11.0. The third-order valence-corrected chi connectivity index (χ3v) is 4.55. The van der Waals surface area contributed by atoms with Crippen molar-refractivity contribution in [1.29, 1.82) is 0 Å². The highest BCUT2D eigenvalue weighted by Gasteiger charge is 2.07. The molecule has 6 nitrogen and oxygen atoms in total. The maximum atomic E-state index is 11.9. The Kier molecular flexibility index (Phi) is 5.35. The van der Waals surface area contributed by atoms with E-state index in [4.69, 9.17) is 0 Å². The van der Waals surface area contributed by atoms with E-state index in [1.54, 1.807) is 19.1 Å². The van der Waals surface area contributed by atoms with Crippen molar-refractivity contribution in [3.05, 3.63) is 54.4 Å². The van der Waals surface area contributed by atoms with E-state index < -0.39 is 10.0 Å². The summed E-state index contributed by atoms with van der Waals surface area (Å²) in [6.45, 7) is 1.99. The van der Waals surface area contributed by atoms with Crippen molar-refractivity contribution in [1.82, 2.24) is 14.6 Å². The van der Waals surface area contributed by atoms with Crippen LogP contribution in [0.3, 0.4) is 0 Å². The summed E-state index contributed by atoms with van der Waals surface area (Å²) in [7, 11) is -3.22. The van der Waals surface area contributed by atoms with E-state index in [1.807, 2.05) is 41.2 Å². The molecule has 2 aromatic rings. The number of nitrogens with one attached hydrogen (secondary N) is 2. The molecule has 0 aliphatic rings. The molecule has 0 spiro atoms. The standard InChI is InChI=1S/C15H19N3O3S/c1-2-22(20,21)17-10-9-16-15(19)13-5-7-14(8-6-13)18-11-3-4-12-18/h3-8,11-12,17H,2,9-10H2,1H3,(H,16,19). The normalized spacial score (nSPS) is 11.3. The van der Waals surface area contributed by atoms with Gasteiger partial charge in [-0.25, -0.2) is 13.1 Å². The van der Waals surface area contributed by atoms with E-state index in [-0.39, 0.29) is 24.7 Å². The number of benzene rings is 1. The van der Waals surface area contributed by atoms with Gasteiger partial charge in [0.25, 0.3) is 5.91 Å². The molecule has 1 heterocycles. The predicted octanol–water partition coefficient (Wildman–Crippen LogP) is 1.15. The predicted molar refractivity (Wildman–Crippen MR) is 85.6 cm³/mol. The minimum absolute atomic E-state index is 0.0296. The van der Waals surface area contributed by atoms with Crippen LogP contribution in [0.5, 0.6) is 0 Å². The van der Waals surface area contributed by atoms with E-state index in [0.717, 1.165) is 5.69 Å². The maximum Gasteiger partial charge on any atom is 0.251 e. The van der Waals surface area contributed by atoms with Crippen LogP contribution in [0.4, 0.5) is 0 Å². The van der Waals surface area contributed by atoms with Crippen molar-refractivity contribution < 1.29 is 13.2 Å². The molecule has 0 aliphatic heterocycles. The first-order valence-corrected chi connectivity index (χ1v) is 8.66. The van der Waals surface area contributed by atoms with E-state index in [2.05, 4.69) is 10.0 Å². The Labute approximate surface area is 130 Å². The summed E-state index contributed by atoms with van der Waals surface area (Å²) in [4.78, 5) is 11.9. The fourth-order valence-electron chi connectivity index (χ4n) is 1.88. The molecule has 0 aliphatic carbocycles. The first kappa shape index (κ1) is 16.3. The smallest absolute Gasteiger partial charge is 0.251 e. The van der Waals surface area contributed by atoms with Crippen LogP contribution in [0.15, 0.2) is 48.8 Å². The van der Waals surface area contributed by atoms with Gasteiger partial charge in [0.1, 0.15) is 0 Å².